The van der Waals surface area contributed by atoms with E-state index in [0.29, 0.717) is 11.3 Å². The number of benzene rings is 2. The molecule has 0 fully saturated rings. The average molecular weight is 388 g/mol. The first-order valence-electron chi connectivity index (χ1n) is 9.56. The van der Waals surface area contributed by atoms with E-state index in [1.807, 2.05) is 30.3 Å². The third-order valence-corrected chi connectivity index (χ3v) is 5.46. The SMILES string of the molecule is COc1ccc2[nH]c3c(c2c1)CCCC3NC(=O)c1ccccc1-n1cnnn1. The minimum absolute atomic E-state index is 0.0772. The lowest BCUT2D eigenvalue weighted by Crippen LogP contribution is -2.31. The molecule has 1 aliphatic carbocycles. The third-order valence-electron chi connectivity index (χ3n) is 5.46. The number of aryl methyl sites for hydroxylation is 1. The third kappa shape index (κ3) is 3.02. The number of H-pyrrole nitrogens is 1. The van der Waals surface area contributed by atoms with Crippen molar-refractivity contribution in [1.29, 1.82) is 0 Å². The Morgan fingerprint density at radius 1 is 1.28 bits per heavy atom. The summed E-state index contributed by atoms with van der Waals surface area (Å²) in [6.07, 6.45) is 4.36. The van der Waals surface area contributed by atoms with E-state index in [9.17, 15) is 4.79 Å². The molecule has 4 aromatic rings. The maximum atomic E-state index is 13.1. The Bertz CT molecular complexity index is 1180. The zero-order valence-corrected chi connectivity index (χ0v) is 15.9. The highest BCUT2D eigenvalue weighted by Gasteiger charge is 2.27. The number of nitrogens with zero attached hydrogens (tertiary/aromatic N) is 4. The number of hydrogen-bond acceptors (Lipinski definition) is 5. The van der Waals surface area contributed by atoms with Crippen LogP contribution in [0.2, 0.25) is 0 Å². The van der Waals surface area contributed by atoms with Crippen LogP contribution in [0, 0.1) is 0 Å². The average Bonchev–Trinajstić information content (AvgIpc) is 3.42. The lowest BCUT2D eigenvalue weighted by Gasteiger charge is -2.24. The molecule has 8 nitrogen and oxygen atoms in total. The Hall–Kier alpha value is -3.68. The minimum atomic E-state index is -0.148. The van der Waals surface area contributed by atoms with Gasteiger partial charge in [-0.1, -0.05) is 12.1 Å². The van der Waals surface area contributed by atoms with E-state index >= 15 is 0 Å². The van der Waals surface area contributed by atoms with E-state index in [4.69, 9.17) is 4.74 Å². The molecule has 0 aliphatic heterocycles. The van der Waals surface area contributed by atoms with Crippen LogP contribution < -0.4 is 10.1 Å². The van der Waals surface area contributed by atoms with Crippen LogP contribution >= 0.6 is 0 Å². The van der Waals surface area contributed by atoms with Gasteiger partial charge in [0.25, 0.3) is 5.91 Å². The molecule has 0 bridgehead atoms. The molecule has 0 radical (unpaired) electrons. The van der Waals surface area contributed by atoms with Gasteiger partial charge >= 0.3 is 0 Å². The van der Waals surface area contributed by atoms with Crippen LogP contribution in [0.25, 0.3) is 16.6 Å². The van der Waals surface area contributed by atoms with Gasteiger partial charge in [0.1, 0.15) is 12.1 Å². The van der Waals surface area contributed by atoms with Gasteiger partial charge in [0, 0.05) is 16.6 Å². The number of aromatic nitrogens is 5. The molecule has 0 saturated heterocycles. The van der Waals surface area contributed by atoms with Gasteiger partial charge in [0.05, 0.1) is 24.4 Å². The number of nitrogens with one attached hydrogen (secondary N) is 2. The van der Waals surface area contributed by atoms with Crippen molar-refractivity contribution in [3.63, 3.8) is 0 Å². The van der Waals surface area contributed by atoms with Crippen LogP contribution in [0.4, 0.5) is 0 Å². The first kappa shape index (κ1) is 17.4. The summed E-state index contributed by atoms with van der Waals surface area (Å²) in [5.74, 6) is 0.686. The molecular weight excluding hydrogens is 368 g/mol. The summed E-state index contributed by atoms with van der Waals surface area (Å²) in [7, 11) is 1.67. The van der Waals surface area contributed by atoms with Crippen LogP contribution in [-0.2, 0) is 6.42 Å². The Morgan fingerprint density at radius 2 is 2.17 bits per heavy atom. The van der Waals surface area contributed by atoms with Gasteiger partial charge < -0.3 is 15.0 Å². The fourth-order valence-corrected chi connectivity index (χ4v) is 4.09. The predicted octanol–water partition coefficient (Wildman–Crippen LogP) is 2.96. The van der Waals surface area contributed by atoms with Crippen molar-refractivity contribution in [3.05, 3.63) is 65.6 Å². The van der Waals surface area contributed by atoms with E-state index in [-0.39, 0.29) is 11.9 Å². The van der Waals surface area contributed by atoms with Crippen molar-refractivity contribution in [3.8, 4) is 11.4 Å². The van der Waals surface area contributed by atoms with Crippen molar-refractivity contribution in [2.45, 2.75) is 25.3 Å². The summed E-state index contributed by atoms with van der Waals surface area (Å²) >= 11 is 0. The maximum Gasteiger partial charge on any atom is 0.254 e. The molecule has 5 rings (SSSR count). The second-order valence-corrected chi connectivity index (χ2v) is 7.12. The van der Waals surface area contributed by atoms with Crippen LogP contribution in [0.5, 0.6) is 5.75 Å². The largest absolute Gasteiger partial charge is 0.497 e. The second-order valence-electron chi connectivity index (χ2n) is 7.12. The number of tetrazole rings is 1. The molecule has 29 heavy (non-hydrogen) atoms. The molecule has 1 aliphatic rings. The molecule has 146 valence electrons. The summed E-state index contributed by atoms with van der Waals surface area (Å²) in [5.41, 5.74) is 4.57. The number of fused-ring (bicyclic) bond motifs is 3. The van der Waals surface area contributed by atoms with Crippen LogP contribution in [0.3, 0.4) is 0 Å². The zero-order chi connectivity index (χ0) is 19.8. The highest BCUT2D eigenvalue weighted by molar-refractivity contribution is 5.98. The van der Waals surface area contributed by atoms with Crippen molar-refractivity contribution in [1.82, 2.24) is 30.5 Å². The molecule has 2 heterocycles. The Morgan fingerprint density at radius 3 is 3.00 bits per heavy atom. The summed E-state index contributed by atoms with van der Waals surface area (Å²) in [5, 5.41) is 15.6. The van der Waals surface area contributed by atoms with Crippen LogP contribution in [0.15, 0.2) is 48.8 Å². The molecule has 2 aromatic carbocycles. The van der Waals surface area contributed by atoms with Gasteiger partial charge in [-0.25, -0.2) is 0 Å². The number of amides is 1. The lowest BCUT2D eigenvalue weighted by molar-refractivity contribution is 0.0932. The molecule has 2 aromatic heterocycles. The van der Waals surface area contributed by atoms with Crippen LogP contribution in [0.1, 0.15) is 40.5 Å². The summed E-state index contributed by atoms with van der Waals surface area (Å²) in [6.45, 7) is 0. The van der Waals surface area contributed by atoms with Crippen molar-refractivity contribution in [2.75, 3.05) is 7.11 Å². The summed E-state index contributed by atoms with van der Waals surface area (Å²) < 4.78 is 6.87. The van der Waals surface area contributed by atoms with Gasteiger partial charge in [-0.15, -0.1) is 5.10 Å². The smallest absolute Gasteiger partial charge is 0.254 e. The Labute approximate surface area is 166 Å². The highest BCUT2D eigenvalue weighted by atomic mass is 16.5. The van der Waals surface area contributed by atoms with E-state index in [1.165, 1.54) is 16.6 Å². The van der Waals surface area contributed by atoms with Crippen molar-refractivity contribution < 1.29 is 9.53 Å². The minimum Gasteiger partial charge on any atom is -0.497 e. The van der Waals surface area contributed by atoms with E-state index < -0.39 is 0 Å². The number of methoxy groups -OCH3 is 1. The predicted molar refractivity (Wildman–Crippen MR) is 107 cm³/mol. The van der Waals surface area contributed by atoms with Crippen LogP contribution in [-0.4, -0.2) is 38.2 Å². The topological polar surface area (TPSA) is 97.7 Å². The highest BCUT2D eigenvalue weighted by Crippen LogP contribution is 2.36. The molecule has 8 heteroatoms. The second kappa shape index (κ2) is 7.05. The Kier molecular flexibility index (Phi) is 4.23. The quantitative estimate of drug-likeness (QED) is 0.560. The van der Waals surface area contributed by atoms with Gasteiger partial charge in [-0.3, -0.25) is 4.79 Å². The van der Waals surface area contributed by atoms with Gasteiger partial charge in [-0.05, 0) is 65.6 Å². The molecular formula is C21H20N6O2. The Balaban J connectivity index is 1.48. The number of aromatic amines is 1. The van der Waals surface area contributed by atoms with E-state index in [2.05, 4.69) is 31.9 Å². The summed E-state index contributed by atoms with van der Waals surface area (Å²) in [6, 6.07) is 13.3. The molecule has 1 atom stereocenters. The molecule has 0 saturated carbocycles. The number of ether oxygens (including phenoxy) is 1. The maximum absolute atomic E-state index is 13.1. The fraction of sp³-hybridized carbons (Fsp3) is 0.238. The number of carbonyl (C=O) groups excluding carboxylic acids is 1. The standard InChI is InChI=1S/C21H20N6O2/c1-29-13-9-10-17-16(11-13)14-6-4-7-18(20(14)23-17)24-21(28)15-5-2-3-8-19(15)27-12-22-25-26-27/h2-3,5,8-12,18,23H,4,6-7H2,1H3,(H,24,28). The van der Waals surface area contributed by atoms with Gasteiger partial charge in [0.15, 0.2) is 0 Å². The lowest BCUT2D eigenvalue weighted by atomic mass is 9.91. The van der Waals surface area contributed by atoms with E-state index in [0.717, 1.165) is 41.6 Å². The number of carbonyl (C=O) groups is 1. The molecule has 1 amide bonds. The molecule has 0 spiro atoms. The first-order valence-corrected chi connectivity index (χ1v) is 9.56. The molecule has 2 N–H and O–H groups in total. The number of hydrogen-bond donors (Lipinski definition) is 2. The summed E-state index contributed by atoms with van der Waals surface area (Å²) in [4.78, 5) is 16.6. The number of rotatable bonds is 4. The van der Waals surface area contributed by atoms with E-state index in [1.54, 1.807) is 13.2 Å². The zero-order valence-electron chi connectivity index (χ0n) is 15.9. The first-order chi connectivity index (χ1) is 14.2. The van der Waals surface area contributed by atoms with Crippen molar-refractivity contribution in [2.24, 2.45) is 0 Å². The normalized spacial score (nSPS) is 15.8. The van der Waals surface area contributed by atoms with Gasteiger partial charge in [-0.2, -0.15) is 4.68 Å². The number of para-hydroxylation sites is 1. The fourth-order valence-electron chi connectivity index (χ4n) is 4.09. The monoisotopic (exact) mass is 388 g/mol. The van der Waals surface area contributed by atoms with Gasteiger partial charge in [0.2, 0.25) is 0 Å². The van der Waals surface area contributed by atoms with Crippen molar-refractivity contribution >= 4 is 16.8 Å². The molecule has 1 unspecified atom stereocenters.